The zero-order valence-corrected chi connectivity index (χ0v) is 15.7. The molecule has 0 radical (unpaired) electrons. The summed E-state index contributed by atoms with van der Waals surface area (Å²) >= 11 is 0. The molecule has 0 bridgehead atoms. The summed E-state index contributed by atoms with van der Waals surface area (Å²) in [6.45, 7) is 6.28. The predicted molar refractivity (Wildman–Crippen MR) is 108 cm³/mol. The first-order chi connectivity index (χ1) is 13.3. The molecule has 0 amide bonds. The number of benzene rings is 1. The molecule has 5 nitrogen and oxygen atoms in total. The van der Waals surface area contributed by atoms with E-state index in [1.54, 1.807) is 24.9 Å². The van der Waals surface area contributed by atoms with Crippen LogP contribution in [0.2, 0.25) is 0 Å². The van der Waals surface area contributed by atoms with Crippen molar-refractivity contribution in [3.05, 3.63) is 84.1 Å². The molecule has 27 heavy (non-hydrogen) atoms. The smallest absolute Gasteiger partial charge is 0.0948 e. The van der Waals surface area contributed by atoms with Gasteiger partial charge in [0.05, 0.1) is 18.2 Å². The van der Waals surface area contributed by atoms with Gasteiger partial charge in [0.25, 0.3) is 0 Å². The average molecular weight is 363 g/mol. The van der Waals surface area contributed by atoms with E-state index in [1.807, 2.05) is 18.2 Å². The van der Waals surface area contributed by atoms with Gasteiger partial charge in [0.2, 0.25) is 0 Å². The summed E-state index contributed by atoms with van der Waals surface area (Å²) in [7, 11) is 0. The Morgan fingerprint density at radius 3 is 2.33 bits per heavy atom. The third kappa shape index (κ3) is 4.37. The number of nitrogens with zero attached hydrogens (tertiary/aromatic N) is 3. The SMILES string of the molecule is CCN(CC)c1ccc(CC(C(=NO)c2ccncc2)c2ccoc2)cc1. The van der Waals surface area contributed by atoms with Crippen molar-refractivity contribution in [3.63, 3.8) is 0 Å². The van der Waals surface area contributed by atoms with Crippen molar-refractivity contribution in [2.24, 2.45) is 5.16 Å². The van der Waals surface area contributed by atoms with Gasteiger partial charge in [-0.05, 0) is 61.7 Å². The molecule has 0 saturated heterocycles. The second-order valence-corrected chi connectivity index (χ2v) is 6.37. The van der Waals surface area contributed by atoms with Gasteiger partial charge in [0.15, 0.2) is 0 Å². The van der Waals surface area contributed by atoms with E-state index in [4.69, 9.17) is 4.42 Å². The Kier molecular flexibility index (Phi) is 6.26. The lowest BCUT2D eigenvalue weighted by molar-refractivity contribution is 0.317. The molecule has 3 rings (SSSR count). The normalized spacial score (nSPS) is 12.7. The fraction of sp³-hybridized carbons (Fsp3) is 0.273. The minimum Gasteiger partial charge on any atom is -0.472 e. The van der Waals surface area contributed by atoms with Crippen molar-refractivity contribution in [1.29, 1.82) is 0 Å². The monoisotopic (exact) mass is 363 g/mol. The summed E-state index contributed by atoms with van der Waals surface area (Å²) in [6.07, 6.45) is 7.46. The van der Waals surface area contributed by atoms with Crippen LogP contribution < -0.4 is 4.90 Å². The molecule has 1 unspecified atom stereocenters. The first-order valence-corrected chi connectivity index (χ1v) is 9.25. The maximum atomic E-state index is 9.74. The van der Waals surface area contributed by atoms with Crippen LogP contribution in [0.4, 0.5) is 5.69 Å². The average Bonchev–Trinajstić information content (AvgIpc) is 3.25. The molecule has 0 spiro atoms. The molecule has 0 saturated carbocycles. The van der Waals surface area contributed by atoms with Crippen molar-refractivity contribution in [1.82, 2.24) is 4.98 Å². The molecule has 1 aromatic carbocycles. The topological polar surface area (TPSA) is 61.9 Å². The maximum absolute atomic E-state index is 9.74. The molecule has 3 aromatic rings. The van der Waals surface area contributed by atoms with Gasteiger partial charge in [-0.25, -0.2) is 0 Å². The quantitative estimate of drug-likeness (QED) is 0.357. The number of rotatable bonds is 8. The van der Waals surface area contributed by atoms with Crippen LogP contribution in [-0.4, -0.2) is 29.0 Å². The number of hydrogen-bond donors (Lipinski definition) is 1. The lowest BCUT2D eigenvalue weighted by atomic mass is 9.86. The molecule has 0 aliphatic rings. The molecule has 0 aliphatic carbocycles. The summed E-state index contributed by atoms with van der Waals surface area (Å²) in [5.41, 5.74) is 4.82. The Morgan fingerprint density at radius 2 is 1.78 bits per heavy atom. The minimum absolute atomic E-state index is 0.115. The molecular formula is C22H25N3O2. The highest BCUT2D eigenvalue weighted by Crippen LogP contribution is 2.27. The highest BCUT2D eigenvalue weighted by molar-refractivity contribution is 6.04. The van der Waals surface area contributed by atoms with E-state index in [1.165, 1.54) is 11.3 Å². The second-order valence-electron chi connectivity index (χ2n) is 6.37. The van der Waals surface area contributed by atoms with Crippen LogP contribution in [0.1, 0.15) is 36.5 Å². The number of anilines is 1. The highest BCUT2D eigenvalue weighted by Gasteiger charge is 2.22. The van der Waals surface area contributed by atoms with E-state index in [9.17, 15) is 5.21 Å². The molecule has 2 aromatic heterocycles. The van der Waals surface area contributed by atoms with Crippen LogP contribution in [0.3, 0.4) is 0 Å². The first-order valence-electron chi connectivity index (χ1n) is 9.25. The maximum Gasteiger partial charge on any atom is 0.0948 e. The summed E-state index contributed by atoms with van der Waals surface area (Å²) in [6, 6.07) is 14.2. The number of hydrogen-bond acceptors (Lipinski definition) is 5. The van der Waals surface area contributed by atoms with E-state index >= 15 is 0 Å². The molecule has 2 heterocycles. The van der Waals surface area contributed by atoms with Gasteiger partial charge in [0.1, 0.15) is 0 Å². The van der Waals surface area contributed by atoms with Crippen LogP contribution >= 0.6 is 0 Å². The summed E-state index contributed by atoms with van der Waals surface area (Å²) in [5, 5.41) is 13.4. The second kappa shape index (κ2) is 9.03. The number of aromatic nitrogens is 1. The van der Waals surface area contributed by atoms with Crippen molar-refractivity contribution in [2.75, 3.05) is 18.0 Å². The molecule has 0 fully saturated rings. The van der Waals surface area contributed by atoms with Gasteiger partial charge in [-0.3, -0.25) is 4.98 Å². The number of oxime groups is 1. The van der Waals surface area contributed by atoms with Crippen molar-refractivity contribution in [3.8, 4) is 0 Å². The van der Waals surface area contributed by atoms with Gasteiger partial charge in [-0.15, -0.1) is 0 Å². The Morgan fingerprint density at radius 1 is 1.07 bits per heavy atom. The van der Waals surface area contributed by atoms with Crippen LogP contribution in [0, 0.1) is 0 Å². The molecule has 1 N–H and O–H groups in total. The first kappa shape index (κ1) is 18.7. The van der Waals surface area contributed by atoms with Crippen molar-refractivity contribution >= 4 is 11.4 Å². The lowest BCUT2D eigenvalue weighted by Gasteiger charge is -2.22. The molecule has 140 valence electrons. The zero-order valence-electron chi connectivity index (χ0n) is 15.7. The summed E-state index contributed by atoms with van der Waals surface area (Å²) in [4.78, 5) is 6.37. The Bertz CT molecular complexity index is 839. The Hall–Kier alpha value is -3.08. The van der Waals surface area contributed by atoms with E-state index < -0.39 is 0 Å². The van der Waals surface area contributed by atoms with E-state index in [2.05, 4.69) is 53.2 Å². The zero-order chi connectivity index (χ0) is 19.1. The largest absolute Gasteiger partial charge is 0.472 e. The van der Waals surface area contributed by atoms with Crippen molar-refractivity contribution in [2.45, 2.75) is 26.2 Å². The minimum atomic E-state index is -0.115. The third-order valence-electron chi connectivity index (χ3n) is 4.86. The van der Waals surface area contributed by atoms with Crippen LogP contribution in [-0.2, 0) is 6.42 Å². The van der Waals surface area contributed by atoms with E-state index in [-0.39, 0.29) is 5.92 Å². The number of pyridine rings is 1. The summed E-state index contributed by atoms with van der Waals surface area (Å²) < 4.78 is 5.29. The van der Waals surface area contributed by atoms with Gasteiger partial charge < -0.3 is 14.5 Å². The van der Waals surface area contributed by atoms with Gasteiger partial charge >= 0.3 is 0 Å². The molecule has 1 atom stereocenters. The Labute approximate surface area is 160 Å². The van der Waals surface area contributed by atoms with Crippen molar-refractivity contribution < 1.29 is 9.62 Å². The molecular weight excluding hydrogens is 338 g/mol. The highest BCUT2D eigenvalue weighted by atomic mass is 16.4. The van der Waals surface area contributed by atoms with Gasteiger partial charge in [0, 0.05) is 42.7 Å². The van der Waals surface area contributed by atoms with Gasteiger partial charge in [-0.2, -0.15) is 0 Å². The Balaban J connectivity index is 1.89. The van der Waals surface area contributed by atoms with Crippen LogP contribution in [0.25, 0.3) is 0 Å². The lowest BCUT2D eigenvalue weighted by Crippen LogP contribution is -2.21. The number of furan rings is 1. The van der Waals surface area contributed by atoms with E-state index in [0.717, 1.165) is 24.2 Å². The fourth-order valence-corrected chi connectivity index (χ4v) is 3.36. The predicted octanol–water partition coefficient (Wildman–Crippen LogP) is 4.73. The molecule has 5 heteroatoms. The van der Waals surface area contributed by atoms with Crippen LogP contribution in [0.5, 0.6) is 0 Å². The third-order valence-corrected chi connectivity index (χ3v) is 4.86. The fourth-order valence-electron chi connectivity index (χ4n) is 3.36. The summed E-state index contributed by atoms with van der Waals surface area (Å²) in [5.74, 6) is -0.115. The van der Waals surface area contributed by atoms with Crippen LogP contribution in [0.15, 0.2) is 77.0 Å². The van der Waals surface area contributed by atoms with Gasteiger partial charge in [-0.1, -0.05) is 17.3 Å². The standard InChI is InChI=1S/C22H25N3O2/c1-3-25(4-2)20-7-5-17(6-8-20)15-21(19-11-14-27-16-19)22(24-26)18-9-12-23-13-10-18/h5-14,16,21,26H,3-4,15H2,1-2H3. The molecule has 0 aliphatic heterocycles. The van der Waals surface area contributed by atoms with E-state index in [0.29, 0.717) is 12.1 Å².